The van der Waals surface area contributed by atoms with E-state index in [0.29, 0.717) is 12.0 Å². The van der Waals surface area contributed by atoms with Crippen molar-refractivity contribution < 1.29 is 4.74 Å². The fraction of sp³-hybridized carbons (Fsp3) is 0.950. The van der Waals surface area contributed by atoms with Crippen molar-refractivity contribution in [3.8, 4) is 0 Å². The smallest absolute Gasteiger partial charge is 0.191 e. The van der Waals surface area contributed by atoms with Crippen LogP contribution in [0.25, 0.3) is 0 Å². The maximum atomic E-state index is 5.92. The summed E-state index contributed by atoms with van der Waals surface area (Å²) in [7, 11) is 0. The van der Waals surface area contributed by atoms with Crippen LogP contribution in [0.3, 0.4) is 0 Å². The van der Waals surface area contributed by atoms with Gasteiger partial charge in [-0.1, -0.05) is 13.8 Å². The lowest BCUT2D eigenvalue weighted by molar-refractivity contribution is -0.0261. The van der Waals surface area contributed by atoms with E-state index in [9.17, 15) is 0 Å². The monoisotopic (exact) mass is 367 g/mol. The summed E-state index contributed by atoms with van der Waals surface area (Å²) in [6.07, 6.45) is 2.92. The fourth-order valence-electron chi connectivity index (χ4n) is 3.68. The van der Waals surface area contributed by atoms with Crippen LogP contribution in [-0.4, -0.2) is 86.4 Å². The fourth-order valence-corrected chi connectivity index (χ4v) is 3.68. The van der Waals surface area contributed by atoms with Crippen LogP contribution >= 0.6 is 0 Å². The molecular formula is C20H41N5O. The zero-order valence-corrected chi connectivity index (χ0v) is 17.6. The number of guanidine groups is 1. The van der Waals surface area contributed by atoms with E-state index in [0.717, 1.165) is 64.4 Å². The maximum absolute atomic E-state index is 5.92. The number of nitrogens with one attached hydrogen (secondary N) is 2. The summed E-state index contributed by atoms with van der Waals surface area (Å²) in [5, 5.41) is 6.86. The molecule has 1 saturated carbocycles. The Labute approximate surface area is 160 Å². The molecule has 1 aliphatic carbocycles. The third-order valence-electron chi connectivity index (χ3n) is 4.99. The topological polar surface area (TPSA) is 52.1 Å². The van der Waals surface area contributed by atoms with E-state index >= 15 is 0 Å². The first-order chi connectivity index (χ1) is 12.5. The van der Waals surface area contributed by atoms with Crippen molar-refractivity contribution in [3.63, 3.8) is 0 Å². The minimum Gasteiger partial charge on any atom is -0.374 e. The Hall–Kier alpha value is -0.850. The molecule has 0 aromatic heterocycles. The molecule has 0 amide bonds. The Bertz CT molecular complexity index is 420. The van der Waals surface area contributed by atoms with E-state index in [2.05, 4.69) is 55.1 Å². The first-order valence-corrected chi connectivity index (χ1v) is 10.6. The lowest BCUT2D eigenvalue weighted by Crippen LogP contribution is -2.46. The highest BCUT2D eigenvalue weighted by Crippen LogP contribution is 2.27. The van der Waals surface area contributed by atoms with Crippen molar-refractivity contribution in [1.82, 2.24) is 20.4 Å². The molecule has 152 valence electrons. The molecule has 1 aliphatic heterocycles. The first-order valence-electron chi connectivity index (χ1n) is 10.6. The number of hydrogen-bond donors (Lipinski definition) is 2. The first kappa shape index (κ1) is 21.5. The van der Waals surface area contributed by atoms with E-state index < -0.39 is 0 Å². The molecule has 2 aliphatic rings. The molecule has 0 spiro atoms. The normalized spacial score (nSPS) is 22.5. The molecule has 6 nitrogen and oxygen atoms in total. The van der Waals surface area contributed by atoms with E-state index in [1.54, 1.807) is 0 Å². The molecule has 0 aromatic rings. The van der Waals surface area contributed by atoms with Crippen LogP contribution in [0, 0.1) is 5.92 Å². The predicted octanol–water partition coefficient (Wildman–Crippen LogP) is 1.77. The van der Waals surface area contributed by atoms with Crippen LogP contribution < -0.4 is 10.6 Å². The number of aliphatic imine (C=N–C) groups is 1. The molecule has 0 aromatic carbocycles. The quantitative estimate of drug-likeness (QED) is 0.455. The predicted molar refractivity (Wildman–Crippen MR) is 110 cm³/mol. The van der Waals surface area contributed by atoms with Gasteiger partial charge < -0.3 is 15.4 Å². The van der Waals surface area contributed by atoms with Gasteiger partial charge in [-0.2, -0.15) is 0 Å². The summed E-state index contributed by atoms with van der Waals surface area (Å²) in [6, 6.07) is 1.42. The Kier molecular flexibility index (Phi) is 9.16. The number of hydrogen-bond acceptors (Lipinski definition) is 4. The molecule has 0 bridgehead atoms. The van der Waals surface area contributed by atoms with Crippen molar-refractivity contribution >= 4 is 5.96 Å². The van der Waals surface area contributed by atoms with Crippen molar-refractivity contribution in [2.45, 2.75) is 65.6 Å². The molecule has 1 saturated heterocycles. The molecule has 2 N–H and O–H groups in total. The molecule has 26 heavy (non-hydrogen) atoms. The van der Waals surface area contributed by atoms with E-state index in [1.165, 1.54) is 12.8 Å². The van der Waals surface area contributed by atoms with Crippen LogP contribution in [-0.2, 0) is 4.74 Å². The minimum atomic E-state index is 0.205. The van der Waals surface area contributed by atoms with E-state index in [4.69, 9.17) is 9.73 Å². The van der Waals surface area contributed by atoms with Gasteiger partial charge in [-0.05, 0) is 39.5 Å². The molecule has 6 heteroatoms. The van der Waals surface area contributed by atoms with Crippen molar-refractivity contribution in [2.75, 3.05) is 52.4 Å². The average molecular weight is 368 g/mol. The highest BCUT2D eigenvalue weighted by Gasteiger charge is 2.30. The lowest BCUT2D eigenvalue weighted by Gasteiger charge is -2.33. The van der Waals surface area contributed by atoms with Gasteiger partial charge in [0, 0.05) is 51.4 Å². The molecule has 0 radical (unpaired) electrons. The number of morpholine rings is 1. The molecular weight excluding hydrogens is 326 g/mol. The number of ether oxygens (including phenoxy) is 1. The van der Waals surface area contributed by atoms with Crippen molar-refractivity contribution in [1.29, 1.82) is 0 Å². The highest BCUT2D eigenvalue weighted by molar-refractivity contribution is 5.79. The summed E-state index contributed by atoms with van der Waals surface area (Å²) in [5.74, 6) is 1.61. The summed E-state index contributed by atoms with van der Waals surface area (Å²) < 4.78 is 5.92. The summed E-state index contributed by atoms with van der Waals surface area (Å²) >= 11 is 0. The second-order valence-corrected chi connectivity index (χ2v) is 8.36. The van der Waals surface area contributed by atoms with Gasteiger partial charge in [0.15, 0.2) is 5.96 Å². The van der Waals surface area contributed by atoms with Gasteiger partial charge in [0.1, 0.15) is 0 Å². The summed E-state index contributed by atoms with van der Waals surface area (Å²) in [6.45, 7) is 18.9. The Morgan fingerprint density at radius 2 is 2.00 bits per heavy atom. The van der Waals surface area contributed by atoms with Gasteiger partial charge in [0.25, 0.3) is 0 Å². The van der Waals surface area contributed by atoms with Gasteiger partial charge in [0.2, 0.25) is 0 Å². The van der Waals surface area contributed by atoms with Crippen LogP contribution in [0.5, 0.6) is 0 Å². The molecule has 2 rings (SSSR count). The number of nitrogens with zero attached hydrogens (tertiary/aromatic N) is 3. The highest BCUT2D eigenvalue weighted by atomic mass is 16.5. The Morgan fingerprint density at radius 3 is 2.62 bits per heavy atom. The lowest BCUT2D eigenvalue weighted by atomic mass is 10.2. The standard InChI is InChI=1S/C20H41N5O/c1-6-21-20(22-9-10-25(17(4)5)18-7-8-18)23-13-19-15-24(11-12-26-19)14-16(2)3/h16-19H,6-15H2,1-5H3,(H2,21,22,23). The minimum absolute atomic E-state index is 0.205. The van der Waals surface area contributed by atoms with Crippen molar-refractivity contribution in [3.05, 3.63) is 0 Å². The second kappa shape index (κ2) is 11.1. The molecule has 1 heterocycles. The maximum Gasteiger partial charge on any atom is 0.191 e. The Balaban J connectivity index is 1.76. The van der Waals surface area contributed by atoms with Gasteiger partial charge in [0.05, 0.1) is 19.3 Å². The zero-order valence-electron chi connectivity index (χ0n) is 17.6. The van der Waals surface area contributed by atoms with Crippen LogP contribution in [0.2, 0.25) is 0 Å². The van der Waals surface area contributed by atoms with Gasteiger partial charge >= 0.3 is 0 Å². The third kappa shape index (κ3) is 7.80. The molecule has 1 unspecified atom stereocenters. The van der Waals surface area contributed by atoms with Crippen LogP contribution in [0.1, 0.15) is 47.5 Å². The third-order valence-corrected chi connectivity index (χ3v) is 4.99. The Morgan fingerprint density at radius 1 is 1.23 bits per heavy atom. The average Bonchev–Trinajstić information content (AvgIpc) is 3.40. The van der Waals surface area contributed by atoms with Gasteiger partial charge in [-0.3, -0.25) is 14.8 Å². The molecule has 2 fully saturated rings. The van der Waals surface area contributed by atoms with E-state index in [1.807, 2.05) is 0 Å². The van der Waals surface area contributed by atoms with Gasteiger partial charge in [-0.15, -0.1) is 0 Å². The van der Waals surface area contributed by atoms with Crippen LogP contribution in [0.15, 0.2) is 4.99 Å². The SMILES string of the molecule is CCNC(=NCC1CN(CC(C)C)CCO1)NCCN(C(C)C)C1CC1. The summed E-state index contributed by atoms with van der Waals surface area (Å²) in [4.78, 5) is 9.88. The summed E-state index contributed by atoms with van der Waals surface area (Å²) in [5.41, 5.74) is 0. The largest absolute Gasteiger partial charge is 0.374 e. The molecule has 1 atom stereocenters. The zero-order chi connectivity index (χ0) is 18.9. The van der Waals surface area contributed by atoms with Crippen molar-refractivity contribution in [2.24, 2.45) is 10.9 Å². The number of rotatable bonds is 10. The van der Waals surface area contributed by atoms with Gasteiger partial charge in [-0.25, -0.2) is 0 Å². The second-order valence-electron chi connectivity index (χ2n) is 8.36. The van der Waals surface area contributed by atoms with Crippen LogP contribution in [0.4, 0.5) is 0 Å². The van der Waals surface area contributed by atoms with E-state index in [-0.39, 0.29) is 6.10 Å².